The van der Waals surface area contributed by atoms with Crippen molar-refractivity contribution < 1.29 is 19.1 Å². The summed E-state index contributed by atoms with van der Waals surface area (Å²) in [6.45, 7) is -0.297. The molecule has 1 heterocycles. The van der Waals surface area contributed by atoms with Gasteiger partial charge in [-0.15, -0.1) is 0 Å². The number of nitrogen functional groups attached to an aromatic ring is 1. The van der Waals surface area contributed by atoms with Crippen LogP contribution in [0.3, 0.4) is 0 Å². The summed E-state index contributed by atoms with van der Waals surface area (Å²) in [4.78, 5) is 28.2. The number of pyridine rings is 1. The highest BCUT2D eigenvalue weighted by molar-refractivity contribution is 9.10. The quantitative estimate of drug-likeness (QED) is 0.788. The van der Waals surface area contributed by atoms with Crippen molar-refractivity contribution >= 4 is 39.4 Å². The molecule has 0 unspecified atom stereocenters. The van der Waals surface area contributed by atoms with Crippen LogP contribution in [-0.2, 0) is 19.1 Å². The lowest BCUT2D eigenvalue weighted by Crippen LogP contribution is -2.36. The van der Waals surface area contributed by atoms with E-state index in [0.717, 1.165) is 0 Å². The minimum atomic E-state index is -0.506. The summed E-state index contributed by atoms with van der Waals surface area (Å²) in [5.74, 6) is -0.694. The molecule has 1 aromatic rings. The standard InChI is InChI=1S/C11H14BrN3O4/c1-18-9(16)5-15(6-10(17)19-2)11-8(13)3-7(12)4-14-11/h3-4H,5-6,13H2,1-2H3. The van der Waals surface area contributed by atoms with Gasteiger partial charge in [0.2, 0.25) is 0 Å². The molecule has 0 amide bonds. The van der Waals surface area contributed by atoms with Crippen LogP contribution >= 0.6 is 15.9 Å². The number of nitrogens with zero attached hydrogens (tertiary/aromatic N) is 2. The Morgan fingerprint density at radius 2 is 1.84 bits per heavy atom. The number of carbonyl (C=O) groups is 2. The van der Waals surface area contributed by atoms with E-state index in [2.05, 4.69) is 30.4 Å². The van der Waals surface area contributed by atoms with Gasteiger partial charge >= 0.3 is 11.9 Å². The molecule has 0 bridgehead atoms. The van der Waals surface area contributed by atoms with Crippen LogP contribution in [0, 0.1) is 0 Å². The summed E-state index contributed by atoms with van der Waals surface area (Å²) in [5.41, 5.74) is 6.15. The van der Waals surface area contributed by atoms with Crippen molar-refractivity contribution in [3.05, 3.63) is 16.7 Å². The maximum atomic E-state index is 11.3. The Bertz CT molecular complexity index is 463. The predicted octanol–water partition coefficient (Wildman–Crippen LogP) is 0.579. The second-order valence-corrected chi connectivity index (χ2v) is 4.49. The van der Waals surface area contributed by atoms with Gasteiger partial charge in [-0.2, -0.15) is 0 Å². The zero-order chi connectivity index (χ0) is 14.4. The van der Waals surface area contributed by atoms with Crippen LogP contribution in [-0.4, -0.2) is 44.2 Å². The van der Waals surface area contributed by atoms with Crippen LogP contribution in [0.4, 0.5) is 11.5 Å². The first-order valence-corrected chi connectivity index (χ1v) is 6.06. The van der Waals surface area contributed by atoms with E-state index in [1.54, 1.807) is 6.07 Å². The van der Waals surface area contributed by atoms with E-state index in [9.17, 15) is 9.59 Å². The van der Waals surface area contributed by atoms with Crippen molar-refractivity contribution in [1.29, 1.82) is 0 Å². The molecule has 0 spiro atoms. The van der Waals surface area contributed by atoms with Crippen molar-refractivity contribution in [3.8, 4) is 0 Å². The number of hydrogen-bond acceptors (Lipinski definition) is 7. The molecule has 0 radical (unpaired) electrons. The number of hydrogen-bond donors (Lipinski definition) is 1. The molecular formula is C11H14BrN3O4. The van der Waals surface area contributed by atoms with Gasteiger partial charge in [-0.25, -0.2) is 4.98 Å². The fourth-order valence-corrected chi connectivity index (χ4v) is 1.71. The van der Waals surface area contributed by atoms with Gasteiger partial charge in [0, 0.05) is 10.7 Å². The SMILES string of the molecule is COC(=O)CN(CC(=O)OC)c1ncc(Br)cc1N. The van der Waals surface area contributed by atoms with Crippen molar-refractivity contribution in [2.75, 3.05) is 37.9 Å². The lowest BCUT2D eigenvalue weighted by molar-refractivity contribution is -0.140. The van der Waals surface area contributed by atoms with Gasteiger partial charge in [-0.3, -0.25) is 9.59 Å². The summed E-state index contributed by atoms with van der Waals surface area (Å²) < 4.78 is 9.84. The molecule has 0 aromatic carbocycles. The summed E-state index contributed by atoms with van der Waals surface area (Å²) >= 11 is 3.23. The number of anilines is 2. The monoisotopic (exact) mass is 331 g/mol. The predicted molar refractivity (Wildman–Crippen MR) is 72.6 cm³/mol. The smallest absolute Gasteiger partial charge is 0.325 e. The topological polar surface area (TPSA) is 94.8 Å². The number of halogens is 1. The molecule has 0 fully saturated rings. The van der Waals surface area contributed by atoms with E-state index in [4.69, 9.17) is 5.73 Å². The Morgan fingerprint density at radius 3 is 2.26 bits per heavy atom. The average Bonchev–Trinajstić information content (AvgIpc) is 2.37. The summed E-state index contributed by atoms with van der Waals surface area (Å²) in [6, 6.07) is 1.63. The fourth-order valence-electron chi connectivity index (χ4n) is 1.36. The largest absolute Gasteiger partial charge is 0.468 e. The van der Waals surface area contributed by atoms with Crippen molar-refractivity contribution in [3.63, 3.8) is 0 Å². The second kappa shape index (κ2) is 6.93. The van der Waals surface area contributed by atoms with Gasteiger partial charge < -0.3 is 20.1 Å². The Kier molecular flexibility index (Phi) is 5.56. The molecule has 0 atom stereocenters. The third kappa shape index (κ3) is 4.40. The summed E-state index contributed by atoms with van der Waals surface area (Å²) in [7, 11) is 2.52. The van der Waals surface area contributed by atoms with Crippen molar-refractivity contribution in [1.82, 2.24) is 4.98 Å². The van der Waals surface area contributed by atoms with Crippen LogP contribution in [0.5, 0.6) is 0 Å². The molecule has 0 aliphatic heterocycles. The van der Waals surface area contributed by atoms with E-state index in [0.29, 0.717) is 16.0 Å². The molecule has 2 N–H and O–H groups in total. The molecule has 0 saturated carbocycles. The zero-order valence-corrected chi connectivity index (χ0v) is 12.1. The molecular weight excluding hydrogens is 318 g/mol. The van der Waals surface area contributed by atoms with E-state index in [1.807, 2.05) is 0 Å². The number of ether oxygens (including phenoxy) is 2. The zero-order valence-electron chi connectivity index (χ0n) is 10.6. The molecule has 8 heteroatoms. The molecule has 1 aromatic heterocycles. The van der Waals surface area contributed by atoms with E-state index in [1.165, 1.54) is 25.3 Å². The first kappa shape index (κ1) is 15.2. The maximum absolute atomic E-state index is 11.3. The van der Waals surface area contributed by atoms with E-state index in [-0.39, 0.29) is 13.1 Å². The molecule has 19 heavy (non-hydrogen) atoms. The minimum Gasteiger partial charge on any atom is -0.468 e. The van der Waals surface area contributed by atoms with Crippen LogP contribution in [0.1, 0.15) is 0 Å². The van der Waals surface area contributed by atoms with Crippen LogP contribution in [0.15, 0.2) is 16.7 Å². The molecule has 0 saturated heterocycles. The fraction of sp³-hybridized carbons (Fsp3) is 0.364. The lowest BCUT2D eigenvalue weighted by Gasteiger charge is -2.22. The molecule has 0 aliphatic carbocycles. The normalized spacial score (nSPS) is 9.84. The highest BCUT2D eigenvalue weighted by Gasteiger charge is 2.19. The molecule has 0 aliphatic rings. The number of aromatic nitrogens is 1. The van der Waals surface area contributed by atoms with E-state index >= 15 is 0 Å². The summed E-state index contributed by atoms with van der Waals surface area (Å²) in [5, 5.41) is 0. The Labute approximate surface area is 118 Å². The second-order valence-electron chi connectivity index (χ2n) is 3.57. The van der Waals surface area contributed by atoms with Crippen LogP contribution in [0.2, 0.25) is 0 Å². The van der Waals surface area contributed by atoms with Gasteiger partial charge in [0.1, 0.15) is 13.1 Å². The van der Waals surface area contributed by atoms with Gasteiger partial charge in [-0.05, 0) is 22.0 Å². The van der Waals surface area contributed by atoms with E-state index < -0.39 is 11.9 Å². The maximum Gasteiger partial charge on any atom is 0.325 e. The highest BCUT2D eigenvalue weighted by atomic mass is 79.9. The van der Waals surface area contributed by atoms with Crippen LogP contribution in [0.25, 0.3) is 0 Å². The lowest BCUT2D eigenvalue weighted by atomic mass is 10.3. The third-order valence-corrected chi connectivity index (χ3v) is 2.69. The number of esters is 2. The van der Waals surface area contributed by atoms with Gasteiger partial charge in [-0.1, -0.05) is 0 Å². The third-order valence-electron chi connectivity index (χ3n) is 2.26. The van der Waals surface area contributed by atoms with Crippen molar-refractivity contribution in [2.45, 2.75) is 0 Å². The molecule has 7 nitrogen and oxygen atoms in total. The van der Waals surface area contributed by atoms with Gasteiger partial charge in [0.25, 0.3) is 0 Å². The van der Waals surface area contributed by atoms with Gasteiger partial charge in [0.05, 0.1) is 19.9 Å². The Balaban J connectivity index is 3.00. The first-order valence-electron chi connectivity index (χ1n) is 5.27. The number of methoxy groups -OCH3 is 2. The summed E-state index contributed by atoms with van der Waals surface area (Å²) in [6.07, 6.45) is 1.52. The van der Waals surface area contributed by atoms with Crippen LogP contribution < -0.4 is 10.6 Å². The Morgan fingerprint density at radius 1 is 1.32 bits per heavy atom. The number of nitrogens with two attached hydrogens (primary N) is 1. The average molecular weight is 332 g/mol. The van der Waals surface area contributed by atoms with Crippen molar-refractivity contribution in [2.24, 2.45) is 0 Å². The van der Waals surface area contributed by atoms with Gasteiger partial charge in [0.15, 0.2) is 5.82 Å². The highest BCUT2D eigenvalue weighted by Crippen LogP contribution is 2.23. The molecule has 104 valence electrons. The molecule has 1 rings (SSSR count). The minimum absolute atomic E-state index is 0.148. The number of rotatable bonds is 5. The number of carbonyl (C=O) groups excluding carboxylic acids is 2. The first-order chi connectivity index (χ1) is 8.97. The Hall–Kier alpha value is -1.83.